The smallest absolute Gasteiger partial charge is 0.0209 e. The maximum Gasteiger partial charge on any atom is 0.0209 e. The van der Waals surface area contributed by atoms with E-state index in [9.17, 15) is 0 Å². The van der Waals surface area contributed by atoms with Crippen LogP contribution in [0.5, 0.6) is 0 Å². The molecule has 0 aliphatic heterocycles. The highest BCUT2D eigenvalue weighted by atomic mass is 19.6. The van der Waals surface area contributed by atoms with Gasteiger partial charge in [0.05, 0.1) is 0 Å². The van der Waals surface area contributed by atoms with Crippen molar-refractivity contribution in [2.75, 3.05) is 0 Å². The minimum absolute atomic E-state index is 1.10. The number of benzene rings is 2. The van der Waals surface area contributed by atoms with Gasteiger partial charge in [-0.3, -0.25) is 0 Å². The summed E-state index contributed by atoms with van der Waals surface area (Å²) in [6, 6.07) is 17.3. The molecule has 0 heterocycles. The van der Waals surface area contributed by atoms with Crippen LogP contribution in [-0.4, -0.2) is 0 Å². The highest BCUT2D eigenvalue weighted by molar-refractivity contribution is 5.76. The summed E-state index contributed by atoms with van der Waals surface area (Å²) in [4.78, 5) is 0. The number of halogens is 2. The average molecular weight is 220 g/mol. The second-order valence-corrected chi connectivity index (χ2v) is 3.55. The molecule has 82 valence electrons. The van der Waals surface area contributed by atoms with Gasteiger partial charge in [0.15, 0.2) is 0 Å². The zero-order chi connectivity index (χ0) is 11.4. The Balaban J connectivity index is 0.000000292. The van der Waals surface area contributed by atoms with Crippen LogP contribution in [0.25, 0.3) is 11.1 Å². The maximum absolute atomic E-state index is 9.12. The van der Waals surface area contributed by atoms with E-state index in [1.807, 2.05) is 0 Å². The molecule has 0 aromatic heterocycles. The molecule has 0 N–H and O–H groups in total. The van der Waals surface area contributed by atoms with Gasteiger partial charge in [-0.15, -0.1) is 0 Å². The maximum atomic E-state index is 9.12. The summed E-state index contributed by atoms with van der Waals surface area (Å²) >= 11 is 0. The first-order chi connectivity index (χ1) is 7.86. The Kier molecular flexibility index (Phi) is 3.27. The van der Waals surface area contributed by atoms with Gasteiger partial charge in [0.2, 0.25) is 0 Å². The van der Waals surface area contributed by atoms with E-state index in [0.29, 0.717) is 0 Å². The Labute approximate surface area is 92.1 Å². The van der Waals surface area contributed by atoms with Crippen molar-refractivity contribution in [3.8, 4) is 11.1 Å². The second-order valence-electron chi connectivity index (χ2n) is 3.55. The van der Waals surface area contributed by atoms with E-state index in [-0.39, 0.29) is 0 Å². The number of rotatable bonds is 0. The third-order valence-corrected chi connectivity index (χ3v) is 2.71. The van der Waals surface area contributed by atoms with E-state index in [2.05, 4.69) is 48.5 Å². The second kappa shape index (κ2) is 4.86. The fraction of sp³-hybridized carbons (Fsp3) is 0.0769. The zero-order valence-electron chi connectivity index (χ0n) is 8.49. The van der Waals surface area contributed by atoms with Crippen molar-refractivity contribution in [2.24, 2.45) is 0 Å². The summed E-state index contributed by atoms with van der Waals surface area (Å²) in [6.07, 6.45) is 1.10. The van der Waals surface area contributed by atoms with E-state index in [0.717, 1.165) is 6.42 Å². The van der Waals surface area contributed by atoms with Crippen molar-refractivity contribution >= 4 is 0 Å². The summed E-state index contributed by atoms with van der Waals surface area (Å²) in [5.41, 5.74) is 5.75. The first kappa shape index (κ1) is 10.8. The lowest BCUT2D eigenvalue weighted by molar-refractivity contribution is -0.317. The Bertz CT molecular complexity index is 439. The Morgan fingerprint density at radius 1 is 0.750 bits per heavy atom. The summed E-state index contributed by atoms with van der Waals surface area (Å²) in [5, 5.41) is 1.25. The molecule has 0 fully saturated rings. The van der Waals surface area contributed by atoms with Gasteiger partial charge in [-0.2, -0.15) is 0 Å². The molecule has 0 saturated carbocycles. The average Bonchev–Trinajstić information content (AvgIpc) is 2.68. The largest absolute Gasteiger partial charge is 0.0619 e. The van der Waals surface area contributed by atoms with Gasteiger partial charge in [-0.25, -0.2) is 0 Å². The topological polar surface area (TPSA) is 9.23 Å². The fourth-order valence-corrected chi connectivity index (χ4v) is 2.08. The quantitative estimate of drug-likeness (QED) is 0.555. The lowest BCUT2D eigenvalue weighted by Gasteiger charge is -1.98. The molecule has 0 spiro atoms. The van der Waals surface area contributed by atoms with Gasteiger partial charge >= 0.3 is 0 Å². The zero-order valence-corrected chi connectivity index (χ0v) is 8.49. The van der Waals surface area contributed by atoms with Crippen LogP contribution >= 0.6 is 0 Å². The normalized spacial score (nSPS) is 11.1. The first-order valence-corrected chi connectivity index (χ1v) is 4.92. The van der Waals surface area contributed by atoms with E-state index < -0.39 is 0 Å². The summed E-state index contributed by atoms with van der Waals surface area (Å²) in [5.74, 6) is 0. The predicted molar refractivity (Wildman–Crippen MR) is 58.0 cm³/mol. The van der Waals surface area contributed by atoms with Gasteiger partial charge < -0.3 is 0 Å². The van der Waals surface area contributed by atoms with Crippen LogP contribution < -0.4 is 0 Å². The van der Waals surface area contributed by atoms with Crippen molar-refractivity contribution in [2.45, 2.75) is 6.42 Å². The van der Waals surface area contributed by atoms with Gasteiger partial charge in [0.1, 0.15) is 0 Å². The lowest BCUT2D eigenvalue weighted by Crippen LogP contribution is -1.77. The van der Waals surface area contributed by atoms with Crippen molar-refractivity contribution in [1.29, 1.82) is 0 Å². The molecule has 1 aliphatic rings. The van der Waals surface area contributed by atoms with Crippen LogP contribution in [0.2, 0.25) is 0 Å². The first-order valence-electron chi connectivity index (χ1n) is 4.92. The molecule has 0 radical (unpaired) electrons. The fourth-order valence-electron chi connectivity index (χ4n) is 2.08. The third kappa shape index (κ3) is 1.95. The SMILES string of the molecule is FOF.c1ccc2c(c1)Cc1ccccc1-2. The molecule has 0 unspecified atom stereocenters. The molecule has 16 heavy (non-hydrogen) atoms. The van der Waals surface area contributed by atoms with Crippen LogP contribution in [0.4, 0.5) is 9.05 Å². The molecule has 2 aromatic carbocycles. The summed E-state index contributed by atoms with van der Waals surface area (Å²) in [6.45, 7) is 0. The van der Waals surface area contributed by atoms with Gasteiger partial charge in [-0.05, 0) is 37.7 Å². The monoisotopic (exact) mass is 220 g/mol. The summed E-state index contributed by atoms with van der Waals surface area (Å²) in [7, 11) is 0. The molecular weight excluding hydrogens is 210 g/mol. The van der Waals surface area contributed by atoms with E-state index >= 15 is 0 Å². The van der Waals surface area contributed by atoms with E-state index in [1.165, 1.54) is 27.4 Å². The molecule has 0 amide bonds. The van der Waals surface area contributed by atoms with Crippen molar-refractivity contribution in [3.63, 3.8) is 0 Å². The van der Waals surface area contributed by atoms with Gasteiger partial charge in [0, 0.05) is 5.15 Å². The highest BCUT2D eigenvalue weighted by Gasteiger charge is 2.15. The third-order valence-electron chi connectivity index (χ3n) is 2.71. The minimum Gasteiger partial charge on any atom is -0.0619 e. The van der Waals surface area contributed by atoms with E-state index in [1.54, 1.807) is 0 Å². The van der Waals surface area contributed by atoms with Crippen molar-refractivity contribution in [1.82, 2.24) is 0 Å². The molecule has 3 rings (SSSR count). The van der Waals surface area contributed by atoms with Crippen molar-refractivity contribution in [3.05, 3.63) is 59.7 Å². The van der Waals surface area contributed by atoms with Crippen LogP contribution in [0.3, 0.4) is 0 Å². The lowest BCUT2D eigenvalue weighted by atomic mass is 10.1. The molecule has 0 atom stereocenters. The highest BCUT2D eigenvalue weighted by Crippen LogP contribution is 2.35. The Morgan fingerprint density at radius 3 is 1.56 bits per heavy atom. The van der Waals surface area contributed by atoms with Crippen LogP contribution in [0.1, 0.15) is 11.1 Å². The predicted octanol–water partition coefficient (Wildman–Crippen LogP) is 4.03. The van der Waals surface area contributed by atoms with Crippen LogP contribution in [-0.2, 0) is 11.6 Å². The van der Waals surface area contributed by atoms with E-state index in [4.69, 9.17) is 9.05 Å². The molecule has 1 aliphatic carbocycles. The molecule has 0 bridgehead atoms. The number of hydrogen-bond donors (Lipinski definition) is 0. The standard InChI is InChI=1S/C13H10.F2O/c1-3-7-12-10(5-1)9-11-6-2-4-8-13(11)12;1-3-2/h1-8H,9H2;. The number of fused-ring (bicyclic) bond motifs is 3. The molecule has 2 aromatic rings. The van der Waals surface area contributed by atoms with Gasteiger partial charge in [0.25, 0.3) is 0 Å². The summed E-state index contributed by atoms with van der Waals surface area (Å²) < 4.78 is 18.2. The molecule has 1 nitrogen and oxygen atoms in total. The van der Waals surface area contributed by atoms with Crippen molar-refractivity contribution < 1.29 is 14.2 Å². The molecule has 3 heteroatoms. The Morgan fingerprint density at radius 2 is 1.12 bits per heavy atom. The number of hydrogen-bond acceptors (Lipinski definition) is 1. The Hall–Kier alpha value is -1.74. The molecular formula is C13H10F2O. The minimum atomic E-state index is 1.10. The molecule has 0 saturated heterocycles. The van der Waals surface area contributed by atoms with Crippen LogP contribution in [0, 0.1) is 0 Å². The van der Waals surface area contributed by atoms with Gasteiger partial charge in [-0.1, -0.05) is 48.5 Å². The van der Waals surface area contributed by atoms with Crippen LogP contribution in [0.15, 0.2) is 48.5 Å².